The van der Waals surface area contributed by atoms with Gasteiger partial charge in [0.1, 0.15) is 18.1 Å². The lowest BCUT2D eigenvalue weighted by molar-refractivity contribution is -0.885. The predicted molar refractivity (Wildman–Crippen MR) is 86.7 cm³/mol. The number of hydrogen-bond donors (Lipinski definition) is 2. The van der Waals surface area contributed by atoms with Crippen LogP contribution in [0.15, 0.2) is 48.5 Å². The number of likely N-dealkylation sites (N-methyl/N-ethyl adjacent to an activating group) is 1. The van der Waals surface area contributed by atoms with Gasteiger partial charge in [-0.05, 0) is 30.3 Å². The Kier molecular flexibility index (Phi) is 6.11. The Hall–Kier alpha value is -2.40. The van der Waals surface area contributed by atoms with Gasteiger partial charge in [0, 0.05) is 17.7 Å². The van der Waals surface area contributed by atoms with Gasteiger partial charge in [-0.2, -0.15) is 0 Å². The highest BCUT2D eigenvalue weighted by molar-refractivity contribution is 5.76. The van der Waals surface area contributed by atoms with Crippen LogP contribution in [-0.4, -0.2) is 26.6 Å². The highest BCUT2D eigenvalue weighted by atomic mass is 19.1. The largest absolute Gasteiger partial charge is 0.497 e. The van der Waals surface area contributed by atoms with Crippen molar-refractivity contribution in [3.05, 3.63) is 65.5 Å². The van der Waals surface area contributed by atoms with Crippen molar-refractivity contribution < 1.29 is 18.8 Å². The van der Waals surface area contributed by atoms with Crippen LogP contribution in [0.25, 0.3) is 0 Å². The first-order valence-electron chi connectivity index (χ1n) is 7.53. The third-order valence-electron chi connectivity index (χ3n) is 3.56. The zero-order valence-corrected chi connectivity index (χ0v) is 13.4. The van der Waals surface area contributed by atoms with Gasteiger partial charge < -0.3 is 15.0 Å². The molecule has 0 saturated heterocycles. The van der Waals surface area contributed by atoms with Crippen molar-refractivity contribution in [2.45, 2.75) is 13.1 Å². The molecule has 4 nitrogen and oxygen atoms in total. The van der Waals surface area contributed by atoms with Crippen LogP contribution in [0.5, 0.6) is 5.75 Å². The molecule has 0 aliphatic carbocycles. The van der Waals surface area contributed by atoms with Gasteiger partial charge in [0.25, 0.3) is 5.91 Å². The van der Waals surface area contributed by atoms with Crippen LogP contribution in [0.1, 0.15) is 11.1 Å². The number of nitrogens with one attached hydrogen (secondary N) is 2. The van der Waals surface area contributed by atoms with E-state index in [1.165, 1.54) is 6.07 Å². The minimum atomic E-state index is -0.299. The summed E-state index contributed by atoms with van der Waals surface area (Å²) < 4.78 is 18.6. The number of carbonyl (C=O) groups excluding carboxylic acids is 1. The highest BCUT2D eigenvalue weighted by Gasteiger charge is 2.11. The zero-order chi connectivity index (χ0) is 16.7. The molecule has 2 aromatic rings. The SMILES string of the molecule is COc1ccc(C[NH+](C)CC(=O)NCc2ccccc2F)cc1. The quantitative estimate of drug-likeness (QED) is 0.805. The molecule has 23 heavy (non-hydrogen) atoms. The molecule has 0 aliphatic heterocycles. The fraction of sp³-hybridized carbons (Fsp3) is 0.278. The van der Waals surface area contributed by atoms with Crippen molar-refractivity contribution in [3.63, 3.8) is 0 Å². The van der Waals surface area contributed by atoms with Gasteiger partial charge >= 0.3 is 0 Å². The molecule has 122 valence electrons. The second-order valence-corrected chi connectivity index (χ2v) is 5.53. The number of methoxy groups -OCH3 is 1. The van der Waals surface area contributed by atoms with Gasteiger partial charge in [0.2, 0.25) is 0 Å². The van der Waals surface area contributed by atoms with E-state index in [-0.39, 0.29) is 18.3 Å². The predicted octanol–water partition coefficient (Wildman–Crippen LogP) is 1.17. The summed E-state index contributed by atoms with van der Waals surface area (Å²) in [6, 6.07) is 14.2. The molecule has 0 aromatic heterocycles. The molecule has 0 aliphatic rings. The summed E-state index contributed by atoms with van der Waals surface area (Å²) in [7, 11) is 3.58. The van der Waals surface area contributed by atoms with E-state index in [2.05, 4.69) is 5.32 Å². The molecule has 5 heteroatoms. The smallest absolute Gasteiger partial charge is 0.275 e. The molecular formula is C18H22FN2O2+. The molecule has 2 aromatic carbocycles. The second kappa shape index (κ2) is 8.29. The fourth-order valence-electron chi connectivity index (χ4n) is 2.33. The number of hydrogen-bond acceptors (Lipinski definition) is 2. The summed E-state index contributed by atoms with van der Waals surface area (Å²) in [6.45, 7) is 1.28. The molecule has 2 N–H and O–H groups in total. The van der Waals surface area contributed by atoms with E-state index in [1.54, 1.807) is 25.3 Å². The Morgan fingerprint density at radius 2 is 1.87 bits per heavy atom. The molecule has 0 radical (unpaired) electrons. The number of halogens is 1. The van der Waals surface area contributed by atoms with Crippen molar-refractivity contribution in [2.75, 3.05) is 20.7 Å². The fourth-order valence-corrected chi connectivity index (χ4v) is 2.33. The molecule has 0 bridgehead atoms. The molecule has 1 atom stereocenters. The van der Waals surface area contributed by atoms with Gasteiger partial charge in [-0.15, -0.1) is 0 Å². The zero-order valence-electron chi connectivity index (χ0n) is 13.4. The van der Waals surface area contributed by atoms with Gasteiger partial charge in [-0.25, -0.2) is 4.39 Å². The maximum absolute atomic E-state index is 13.5. The van der Waals surface area contributed by atoms with E-state index in [4.69, 9.17) is 4.74 Å². The topological polar surface area (TPSA) is 42.8 Å². The van der Waals surface area contributed by atoms with Crippen molar-refractivity contribution in [1.82, 2.24) is 5.32 Å². The maximum Gasteiger partial charge on any atom is 0.275 e. The van der Waals surface area contributed by atoms with E-state index in [9.17, 15) is 9.18 Å². The van der Waals surface area contributed by atoms with Crippen molar-refractivity contribution in [1.29, 1.82) is 0 Å². The van der Waals surface area contributed by atoms with Gasteiger partial charge in [-0.3, -0.25) is 4.79 Å². The van der Waals surface area contributed by atoms with Crippen LogP contribution in [-0.2, 0) is 17.9 Å². The van der Waals surface area contributed by atoms with Crippen LogP contribution < -0.4 is 15.0 Å². The van der Waals surface area contributed by atoms with Crippen molar-refractivity contribution in [3.8, 4) is 5.75 Å². The number of ether oxygens (including phenoxy) is 1. The Labute approximate surface area is 135 Å². The Morgan fingerprint density at radius 3 is 2.52 bits per heavy atom. The van der Waals surface area contributed by atoms with E-state index < -0.39 is 0 Å². The molecule has 0 fully saturated rings. The van der Waals surface area contributed by atoms with Gasteiger partial charge in [0.15, 0.2) is 6.54 Å². The van der Waals surface area contributed by atoms with E-state index in [0.717, 1.165) is 22.8 Å². The summed E-state index contributed by atoms with van der Waals surface area (Å²) in [6.07, 6.45) is 0. The summed E-state index contributed by atoms with van der Waals surface area (Å²) in [5.41, 5.74) is 1.62. The molecule has 1 amide bonds. The van der Waals surface area contributed by atoms with E-state index in [0.29, 0.717) is 12.1 Å². The van der Waals surface area contributed by atoms with Gasteiger partial charge in [-0.1, -0.05) is 18.2 Å². The van der Waals surface area contributed by atoms with Gasteiger partial charge in [0.05, 0.1) is 14.2 Å². The minimum absolute atomic E-state index is 0.0979. The second-order valence-electron chi connectivity index (χ2n) is 5.53. The lowest BCUT2D eigenvalue weighted by atomic mass is 10.2. The summed E-state index contributed by atoms with van der Waals surface area (Å²) >= 11 is 0. The Morgan fingerprint density at radius 1 is 1.17 bits per heavy atom. The first kappa shape index (κ1) is 17.0. The molecule has 0 heterocycles. The number of quaternary nitrogens is 1. The average Bonchev–Trinajstić information content (AvgIpc) is 2.54. The van der Waals surface area contributed by atoms with Crippen LogP contribution in [0.2, 0.25) is 0 Å². The lowest BCUT2D eigenvalue weighted by Crippen LogP contribution is -3.08. The third-order valence-corrected chi connectivity index (χ3v) is 3.56. The highest BCUT2D eigenvalue weighted by Crippen LogP contribution is 2.10. The first-order chi connectivity index (χ1) is 11.1. The summed E-state index contributed by atoms with van der Waals surface area (Å²) in [5.74, 6) is 0.417. The lowest BCUT2D eigenvalue weighted by Gasteiger charge is -2.14. The Balaban J connectivity index is 1.79. The van der Waals surface area contributed by atoms with Crippen LogP contribution in [0.3, 0.4) is 0 Å². The monoisotopic (exact) mass is 317 g/mol. The summed E-state index contributed by atoms with van der Waals surface area (Å²) in [5, 5.41) is 2.75. The van der Waals surface area contributed by atoms with Crippen LogP contribution in [0.4, 0.5) is 4.39 Å². The first-order valence-corrected chi connectivity index (χ1v) is 7.53. The van der Waals surface area contributed by atoms with E-state index >= 15 is 0 Å². The van der Waals surface area contributed by atoms with Crippen molar-refractivity contribution in [2.24, 2.45) is 0 Å². The van der Waals surface area contributed by atoms with E-state index in [1.807, 2.05) is 31.3 Å². The number of carbonyl (C=O) groups is 1. The Bertz CT molecular complexity index is 644. The normalized spacial score (nSPS) is 11.8. The minimum Gasteiger partial charge on any atom is -0.497 e. The molecule has 0 saturated carbocycles. The van der Waals surface area contributed by atoms with Crippen molar-refractivity contribution >= 4 is 5.91 Å². The molecule has 2 rings (SSSR count). The van der Waals surface area contributed by atoms with Crippen LogP contribution >= 0.6 is 0 Å². The average molecular weight is 317 g/mol. The molecule has 0 spiro atoms. The van der Waals surface area contributed by atoms with Crippen LogP contribution in [0, 0.1) is 5.82 Å². The molecular weight excluding hydrogens is 295 g/mol. The number of amides is 1. The number of benzene rings is 2. The standard InChI is InChI=1S/C18H21FN2O2/c1-21(12-14-7-9-16(23-2)10-8-14)13-18(22)20-11-15-5-3-4-6-17(15)19/h3-10H,11-13H2,1-2H3,(H,20,22)/p+1. The number of rotatable bonds is 7. The molecule has 1 unspecified atom stereocenters. The maximum atomic E-state index is 13.5. The summed E-state index contributed by atoms with van der Waals surface area (Å²) in [4.78, 5) is 13.0. The third kappa shape index (κ3) is 5.38.